The molecular formula is C12H8BrFN4S. The molecule has 1 aromatic carbocycles. The van der Waals surface area contributed by atoms with Crippen molar-refractivity contribution in [1.29, 1.82) is 0 Å². The van der Waals surface area contributed by atoms with Gasteiger partial charge < -0.3 is 5.73 Å². The lowest BCUT2D eigenvalue weighted by Crippen LogP contribution is -1.87. The third kappa shape index (κ3) is 2.26. The first kappa shape index (κ1) is 12.3. The second-order valence-corrected chi connectivity index (χ2v) is 5.57. The second kappa shape index (κ2) is 4.75. The van der Waals surface area contributed by atoms with Gasteiger partial charge in [0.1, 0.15) is 16.6 Å². The van der Waals surface area contributed by atoms with Crippen molar-refractivity contribution in [2.75, 3.05) is 5.73 Å². The molecule has 0 unspecified atom stereocenters. The van der Waals surface area contributed by atoms with Crippen LogP contribution in [-0.4, -0.2) is 15.2 Å². The van der Waals surface area contributed by atoms with E-state index in [1.165, 1.54) is 23.5 Å². The fraction of sp³-hybridized carbons (Fsp3) is 0. The molecule has 0 radical (unpaired) electrons. The lowest BCUT2D eigenvalue weighted by Gasteiger charge is -2.00. The Balaban J connectivity index is 2.04. The summed E-state index contributed by atoms with van der Waals surface area (Å²) in [5.41, 5.74) is 8.14. The molecule has 96 valence electrons. The normalized spacial score (nSPS) is 10.8. The first-order chi connectivity index (χ1) is 9.15. The van der Waals surface area contributed by atoms with Crippen LogP contribution in [0.5, 0.6) is 0 Å². The molecule has 4 nitrogen and oxygen atoms in total. The van der Waals surface area contributed by atoms with Crippen LogP contribution in [0.3, 0.4) is 0 Å². The molecule has 0 fully saturated rings. The van der Waals surface area contributed by atoms with Crippen molar-refractivity contribution in [2.24, 2.45) is 0 Å². The first-order valence-corrected chi connectivity index (χ1v) is 7.02. The molecular weight excluding hydrogens is 331 g/mol. The van der Waals surface area contributed by atoms with Crippen molar-refractivity contribution in [3.8, 4) is 21.8 Å². The van der Waals surface area contributed by atoms with Crippen molar-refractivity contribution in [1.82, 2.24) is 15.2 Å². The molecule has 0 spiro atoms. The maximum atomic E-state index is 13.1. The molecule has 7 heteroatoms. The molecule has 2 heterocycles. The molecule has 0 saturated heterocycles. The van der Waals surface area contributed by atoms with Crippen LogP contribution in [0.4, 0.5) is 10.2 Å². The number of nitrogens with one attached hydrogen (secondary N) is 1. The maximum Gasteiger partial charge on any atom is 0.129 e. The monoisotopic (exact) mass is 338 g/mol. The Morgan fingerprint density at radius 1 is 1.32 bits per heavy atom. The van der Waals surface area contributed by atoms with Crippen molar-refractivity contribution in [3.63, 3.8) is 0 Å². The number of aromatic nitrogens is 3. The summed E-state index contributed by atoms with van der Waals surface area (Å²) in [6.07, 6.45) is 1.64. The van der Waals surface area contributed by atoms with E-state index in [-0.39, 0.29) is 5.82 Å². The van der Waals surface area contributed by atoms with E-state index >= 15 is 0 Å². The van der Waals surface area contributed by atoms with E-state index in [2.05, 4.69) is 31.1 Å². The molecule has 3 rings (SSSR count). The predicted octanol–water partition coefficient (Wildman–Crippen LogP) is 3.68. The summed E-state index contributed by atoms with van der Waals surface area (Å²) < 4.78 is 13.7. The lowest BCUT2D eigenvalue weighted by atomic mass is 10.2. The van der Waals surface area contributed by atoms with Gasteiger partial charge in [0.2, 0.25) is 0 Å². The predicted molar refractivity (Wildman–Crippen MR) is 77.2 cm³/mol. The molecule has 0 amide bonds. The smallest absolute Gasteiger partial charge is 0.129 e. The topological polar surface area (TPSA) is 67.6 Å². The van der Waals surface area contributed by atoms with Gasteiger partial charge in [-0.15, -0.1) is 11.3 Å². The minimum absolute atomic E-state index is 0.287. The number of nitrogens with two attached hydrogens (primary N) is 1. The van der Waals surface area contributed by atoms with E-state index in [9.17, 15) is 4.39 Å². The van der Waals surface area contributed by atoms with Crippen LogP contribution in [0.2, 0.25) is 0 Å². The largest absolute Gasteiger partial charge is 0.383 e. The Morgan fingerprint density at radius 3 is 2.84 bits per heavy atom. The molecule has 0 aliphatic rings. The summed E-state index contributed by atoms with van der Waals surface area (Å²) in [5, 5.41) is 9.22. The second-order valence-electron chi connectivity index (χ2n) is 3.86. The Hall–Kier alpha value is -1.73. The molecule has 0 saturated carbocycles. The van der Waals surface area contributed by atoms with Gasteiger partial charge >= 0.3 is 0 Å². The van der Waals surface area contributed by atoms with Gasteiger partial charge in [0.25, 0.3) is 0 Å². The standard InChI is InChI=1S/C12H8BrFN4S/c13-9-3-6(14)1-2-7(9)10-5-19-12(17-10)8-4-16-18-11(8)15/h1-5H,(H3,15,16,18). The van der Waals surface area contributed by atoms with Gasteiger partial charge in [0, 0.05) is 15.4 Å². The number of H-pyrrole nitrogens is 1. The average Bonchev–Trinajstić information content (AvgIpc) is 2.97. The number of hydrogen-bond acceptors (Lipinski definition) is 4. The van der Waals surface area contributed by atoms with Crippen LogP contribution in [-0.2, 0) is 0 Å². The van der Waals surface area contributed by atoms with Gasteiger partial charge in [0.15, 0.2) is 0 Å². The molecule has 3 aromatic rings. The zero-order valence-electron chi connectivity index (χ0n) is 9.52. The zero-order valence-corrected chi connectivity index (χ0v) is 11.9. The number of thiazole rings is 1. The van der Waals surface area contributed by atoms with E-state index in [1.54, 1.807) is 12.3 Å². The molecule has 3 N–H and O–H groups in total. The van der Waals surface area contributed by atoms with Crippen LogP contribution in [0.25, 0.3) is 21.8 Å². The van der Waals surface area contributed by atoms with Crippen LogP contribution >= 0.6 is 27.3 Å². The molecule has 0 aliphatic carbocycles. The molecule has 0 aliphatic heterocycles. The summed E-state index contributed by atoms with van der Waals surface area (Å²) in [6, 6.07) is 4.52. The summed E-state index contributed by atoms with van der Waals surface area (Å²) in [4.78, 5) is 4.50. The third-order valence-corrected chi connectivity index (χ3v) is 4.14. The quantitative estimate of drug-likeness (QED) is 0.748. The fourth-order valence-corrected chi connectivity index (χ4v) is 3.08. The van der Waals surface area contributed by atoms with Crippen molar-refractivity contribution >= 4 is 33.1 Å². The zero-order chi connectivity index (χ0) is 13.4. The highest BCUT2D eigenvalue weighted by atomic mass is 79.9. The Morgan fingerprint density at radius 2 is 2.16 bits per heavy atom. The van der Waals surface area contributed by atoms with Gasteiger partial charge in [0.05, 0.1) is 17.5 Å². The highest BCUT2D eigenvalue weighted by Crippen LogP contribution is 2.34. The summed E-state index contributed by atoms with van der Waals surface area (Å²) in [6.45, 7) is 0. The van der Waals surface area contributed by atoms with Gasteiger partial charge in [-0.2, -0.15) is 5.10 Å². The summed E-state index contributed by atoms with van der Waals surface area (Å²) in [5.74, 6) is 0.198. The van der Waals surface area contributed by atoms with E-state index in [0.29, 0.717) is 10.3 Å². The van der Waals surface area contributed by atoms with Gasteiger partial charge in [-0.3, -0.25) is 5.10 Å². The van der Waals surface area contributed by atoms with E-state index in [1.807, 2.05) is 5.38 Å². The number of hydrogen-bond donors (Lipinski definition) is 2. The van der Waals surface area contributed by atoms with Gasteiger partial charge in [-0.05, 0) is 34.1 Å². The number of rotatable bonds is 2. The number of halogens is 2. The van der Waals surface area contributed by atoms with E-state index < -0.39 is 0 Å². The number of nitrogen functional groups attached to an aromatic ring is 1. The van der Waals surface area contributed by atoms with E-state index in [0.717, 1.165) is 21.8 Å². The minimum Gasteiger partial charge on any atom is -0.383 e. The van der Waals surface area contributed by atoms with Crippen molar-refractivity contribution in [3.05, 3.63) is 40.1 Å². The third-order valence-electron chi connectivity index (χ3n) is 2.61. The lowest BCUT2D eigenvalue weighted by molar-refractivity contribution is 0.627. The Bertz CT molecular complexity index is 737. The van der Waals surface area contributed by atoms with Crippen LogP contribution < -0.4 is 5.73 Å². The molecule has 0 atom stereocenters. The highest BCUT2D eigenvalue weighted by molar-refractivity contribution is 9.10. The molecule has 19 heavy (non-hydrogen) atoms. The van der Waals surface area contributed by atoms with Gasteiger partial charge in [-0.25, -0.2) is 9.37 Å². The Labute approximate surface area is 120 Å². The fourth-order valence-electron chi connectivity index (χ4n) is 1.68. The summed E-state index contributed by atoms with van der Waals surface area (Å²) >= 11 is 4.80. The maximum absolute atomic E-state index is 13.1. The summed E-state index contributed by atoms with van der Waals surface area (Å²) in [7, 11) is 0. The number of benzene rings is 1. The molecule has 2 aromatic heterocycles. The number of aromatic amines is 1. The van der Waals surface area contributed by atoms with Crippen molar-refractivity contribution in [2.45, 2.75) is 0 Å². The first-order valence-electron chi connectivity index (χ1n) is 5.35. The highest BCUT2D eigenvalue weighted by Gasteiger charge is 2.12. The SMILES string of the molecule is Nc1[nH]ncc1-c1nc(-c2ccc(F)cc2Br)cs1. The molecule has 0 bridgehead atoms. The van der Waals surface area contributed by atoms with E-state index in [4.69, 9.17) is 5.73 Å². The van der Waals surface area contributed by atoms with Gasteiger partial charge in [-0.1, -0.05) is 0 Å². The minimum atomic E-state index is -0.287. The average molecular weight is 339 g/mol. The van der Waals surface area contributed by atoms with Crippen molar-refractivity contribution < 1.29 is 4.39 Å². The number of nitrogens with zero attached hydrogens (tertiary/aromatic N) is 2. The number of anilines is 1. The van der Waals surface area contributed by atoms with Crippen LogP contribution in [0.1, 0.15) is 0 Å². The van der Waals surface area contributed by atoms with Crippen LogP contribution in [0, 0.1) is 5.82 Å². The Kier molecular flexibility index (Phi) is 3.08. The van der Waals surface area contributed by atoms with Crippen LogP contribution in [0.15, 0.2) is 34.2 Å².